The molecule has 0 fully saturated rings. The highest BCUT2D eigenvalue weighted by molar-refractivity contribution is 5.95. The number of nitrogens with one attached hydrogen (secondary N) is 2. The smallest absolute Gasteiger partial charge is 0.338 e. The molecular formula is C20H19N3O5. The summed E-state index contributed by atoms with van der Waals surface area (Å²) in [5.74, 6) is -0.413. The maximum atomic E-state index is 12.1. The number of carbonyl (C=O) groups is 2. The number of benzene rings is 2. The van der Waals surface area contributed by atoms with E-state index < -0.39 is 18.5 Å². The normalized spacial score (nSPS) is 10.4. The highest BCUT2D eigenvalue weighted by Gasteiger charge is 2.12. The lowest BCUT2D eigenvalue weighted by atomic mass is 10.2. The quantitative estimate of drug-likeness (QED) is 0.638. The molecule has 28 heavy (non-hydrogen) atoms. The lowest BCUT2D eigenvalue weighted by Gasteiger charge is -2.08. The van der Waals surface area contributed by atoms with Crippen molar-refractivity contribution in [3.63, 3.8) is 0 Å². The van der Waals surface area contributed by atoms with Gasteiger partial charge in [0.2, 0.25) is 0 Å². The molecule has 3 aromatic rings. The first-order valence-corrected chi connectivity index (χ1v) is 8.46. The van der Waals surface area contributed by atoms with Crippen LogP contribution in [0.5, 0.6) is 5.75 Å². The Balaban J connectivity index is 1.57. The molecule has 0 spiro atoms. The Labute approximate surface area is 160 Å². The van der Waals surface area contributed by atoms with Crippen LogP contribution >= 0.6 is 0 Å². The van der Waals surface area contributed by atoms with Crippen LogP contribution in [0, 0.1) is 6.92 Å². The lowest BCUT2D eigenvalue weighted by molar-refractivity contribution is -0.119. The molecule has 0 saturated heterocycles. The largest absolute Gasteiger partial charge is 0.497 e. The molecular weight excluding hydrogens is 362 g/mol. The van der Waals surface area contributed by atoms with Crippen molar-refractivity contribution in [3.05, 3.63) is 76.5 Å². The molecule has 144 valence electrons. The molecule has 2 aromatic carbocycles. The molecule has 1 aromatic heterocycles. The van der Waals surface area contributed by atoms with Crippen molar-refractivity contribution in [2.75, 3.05) is 19.0 Å². The second kappa shape index (κ2) is 8.26. The minimum absolute atomic E-state index is 0.261. The fourth-order valence-electron chi connectivity index (χ4n) is 2.61. The average Bonchev–Trinajstić information content (AvgIpc) is 3.05. The Morgan fingerprint density at radius 1 is 1.07 bits per heavy atom. The van der Waals surface area contributed by atoms with Crippen LogP contribution in [-0.2, 0) is 9.53 Å². The van der Waals surface area contributed by atoms with Gasteiger partial charge in [0.15, 0.2) is 6.61 Å². The van der Waals surface area contributed by atoms with E-state index in [2.05, 4.69) is 10.3 Å². The lowest BCUT2D eigenvalue weighted by Crippen LogP contribution is -2.21. The summed E-state index contributed by atoms with van der Waals surface area (Å²) >= 11 is 0. The Morgan fingerprint density at radius 2 is 1.75 bits per heavy atom. The first-order chi connectivity index (χ1) is 13.5. The van der Waals surface area contributed by atoms with Crippen LogP contribution in [0.3, 0.4) is 0 Å². The predicted molar refractivity (Wildman–Crippen MR) is 103 cm³/mol. The SMILES string of the molecule is COc1ccc(NC(=O)COC(=O)c2ccc(-n3c(C)c[nH]c3=O)cc2)cc1. The van der Waals surface area contributed by atoms with Crippen LogP contribution in [0.1, 0.15) is 16.1 Å². The first kappa shape index (κ1) is 19.0. The van der Waals surface area contributed by atoms with Gasteiger partial charge in [-0.25, -0.2) is 9.59 Å². The number of hydrogen-bond donors (Lipinski definition) is 2. The van der Waals surface area contributed by atoms with E-state index >= 15 is 0 Å². The van der Waals surface area contributed by atoms with Crippen molar-refractivity contribution in [2.45, 2.75) is 6.92 Å². The third-order valence-electron chi connectivity index (χ3n) is 4.03. The molecule has 0 aliphatic heterocycles. The summed E-state index contributed by atoms with van der Waals surface area (Å²) in [5, 5.41) is 2.63. The van der Waals surface area contributed by atoms with Gasteiger partial charge in [-0.05, 0) is 55.5 Å². The molecule has 0 aliphatic carbocycles. The maximum absolute atomic E-state index is 12.1. The number of rotatable bonds is 6. The second-order valence-electron chi connectivity index (χ2n) is 5.97. The van der Waals surface area contributed by atoms with E-state index in [1.165, 1.54) is 16.7 Å². The van der Waals surface area contributed by atoms with E-state index in [1.807, 2.05) is 0 Å². The molecule has 1 heterocycles. The molecule has 0 bridgehead atoms. The minimum atomic E-state index is -0.630. The van der Waals surface area contributed by atoms with E-state index in [4.69, 9.17) is 9.47 Å². The third kappa shape index (κ3) is 4.29. The van der Waals surface area contributed by atoms with Gasteiger partial charge in [-0.15, -0.1) is 0 Å². The first-order valence-electron chi connectivity index (χ1n) is 8.46. The number of aromatic amines is 1. The van der Waals surface area contributed by atoms with Gasteiger partial charge < -0.3 is 19.8 Å². The zero-order chi connectivity index (χ0) is 20.1. The Hall–Kier alpha value is -3.81. The van der Waals surface area contributed by atoms with Gasteiger partial charge in [0, 0.05) is 17.6 Å². The Bertz CT molecular complexity index is 1030. The van der Waals surface area contributed by atoms with Crippen LogP contribution in [0.15, 0.2) is 59.5 Å². The van der Waals surface area contributed by atoms with Crippen LogP contribution in [0.4, 0.5) is 5.69 Å². The fraction of sp³-hybridized carbons (Fsp3) is 0.150. The van der Waals surface area contributed by atoms with Crippen molar-refractivity contribution < 1.29 is 19.1 Å². The standard InChI is InChI=1S/C20H19N3O5/c1-13-11-21-20(26)23(13)16-7-3-14(4-8-16)19(25)28-12-18(24)22-15-5-9-17(27-2)10-6-15/h3-11H,12H2,1-2H3,(H,21,26)(H,22,24). The number of amides is 1. The van der Waals surface area contributed by atoms with Gasteiger partial charge in [0.1, 0.15) is 5.75 Å². The number of H-pyrrole nitrogens is 1. The van der Waals surface area contributed by atoms with Gasteiger partial charge in [-0.2, -0.15) is 0 Å². The van der Waals surface area contributed by atoms with Crippen molar-refractivity contribution in [3.8, 4) is 11.4 Å². The van der Waals surface area contributed by atoms with Crippen molar-refractivity contribution in [2.24, 2.45) is 0 Å². The van der Waals surface area contributed by atoms with Gasteiger partial charge in [-0.3, -0.25) is 9.36 Å². The average molecular weight is 381 g/mol. The van der Waals surface area contributed by atoms with Crippen LogP contribution in [-0.4, -0.2) is 35.1 Å². The van der Waals surface area contributed by atoms with Gasteiger partial charge in [0.25, 0.3) is 5.91 Å². The molecule has 8 nitrogen and oxygen atoms in total. The Kier molecular flexibility index (Phi) is 5.59. The monoisotopic (exact) mass is 381 g/mol. The molecule has 0 aliphatic rings. The molecule has 1 amide bonds. The maximum Gasteiger partial charge on any atom is 0.338 e. The number of ether oxygens (including phenoxy) is 2. The van der Waals surface area contributed by atoms with E-state index in [9.17, 15) is 14.4 Å². The number of esters is 1. The van der Waals surface area contributed by atoms with Crippen LogP contribution in [0.2, 0.25) is 0 Å². The molecule has 8 heteroatoms. The number of aromatic nitrogens is 2. The van der Waals surface area contributed by atoms with Gasteiger partial charge in [0.05, 0.1) is 18.4 Å². The zero-order valence-electron chi connectivity index (χ0n) is 15.4. The van der Waals surface area contributed by atoms with E-state index in [0.717, 1.165) is 5.69 Å². The summed E-state index contributed by atoms with van der Waals surface area (Å²) in [4.78, 5) is 38.4. The van der Waals surface area contributed by atoms with Crippen molar-refractivity contribution in [1.29, 1.82) is 0 Å². The summed E-state index contributed by atoms with van der Waals surface area (Å²) in [6, 6.07) is 13.1. The number of nitrogens with zero attached hydrogens (tertiary/aromatic N) is 1. The second-order valence-corrected chi connectivity index (χ2v) is 5.97. The summed E-state index contributed by atoms with van der Waals surface area (Å²) in [6.07, 6.45) is 1.60. The van der Waals surface area contributed by atoms with E-state index in [0.29, 0.717) is 17.1 Å². The van der Waals surface area contributed by atoms with Crippen molar-refractivity contribution in [1.82, 2.24) is 9.55 Å². The Morgan fingerprint density at radius 3 is 2.32 bits per heavy atom. The highest BCUT2D eigenvalue weighted by atomic mass is 16.5. The van der Waals surface area contributed by atoms with Crippen molar-refractivity contribution >= 4 is 17.6 Å². The van der Waals surface area contributed by atoms with Crippen LogP contribution < -0.4 is 15.7 Å². The highest BCUT2D eigenvalue weighted by Crippen LogP contribution is 2.15. The predicted octanol–water partition coefficient (Wildman–Crippen LogP) is 2.28. The summed E-state index contributed by atoms with van der Waals surface area (Å²) in [5.41, 5.74) is 1.96. The number of aryl methyl sites for hydroxylation is 1. The number of hydrogen-bond acceptors (Lipinski definition) is 5. The molecule has 0 radical (unpaired) electrons. The third-order valence-corrected chi connectivity index (χ3v) is 4.03. The summed E-state index contributed by atoms with van der Waals surface area (Å²) < 4.78 is 11.6. The number of methoxy groups -OCH3 is 1. The zero-order valence-corrected chi connectivity index (χ0v) is 15.4. The number of anilines is 1. The van der Waals surface area contributed by atoms with Gasteiger partial charge in [-0.1, -0.05) is 0 Å². The molecule has 0 saturated carbocycles. The van der Waals surface area contributed by atoms with E-state index in [-0.39, 0.29) is 11.3 Å². The summed E-state index contributed by atoms with van der Waals surface area (Å²) in [6.45, 7) is 1.38. The van der Waals surface area contributed by atoms with Crippen LogP contribution in [0.25, 0.3) is 5.69 Å². The molecule has 0 unspecified atom stereocenters. The minimum Gasteiger partial charge on any atom is -0.497 e. The van der Waals surface area contributed by atoms with Gasteiger partial charge >= 0.3 is 11.7 Å². The number of carbonyl (C=O) groups excluding carboxylic acids is 2. The molecule has 0 atom stereocenters. The summed E-state index contributed by atoms with van der Waals surface area (Å²) in [7, 11) is 1.55. The fourth-order valence-corrected chi connectivity index (χ4v) is 2.61. The van der Waals surface area contributed by atoms with E-state index in [1.54, 1.807) is 56.6 Å². The number of imidazole rings is 1. The topological polar surface area (TPSA) is 102 Å². The molecule has 3 rings (SSSR count). The molecule has 2 N–H and O–H groups in total.